The Labute approximate surface area is 131 Å². The van der Waals surface area contributed by atoms with Gasteiger partial charge in [-0.1, -0.05) is 11.6 Å². The van der Waals surface area contributed by atoms with Crippen LogP contribution in [0.1, 0.15) is 52.9 Å². The van der Waals surface area contributed by atoms with Crippen molar-refractivity contribution in [3.63, 3.8) is 0 Å². The van der Waals surface area contributed by atoms with Gasteiger partial charge in [-0.15, -0.1) is 0 Å². The van der Waals surface area contributed by atoms with Gasteiger partial charge in [0.2, 0.25) is 0 Å². The van der Waals surface area contributed by atoms with Gasteiger partial charge in [0.05, 0.1) is 6.61 Å². The van der Waals surface area contributed by atoms with E-state index in [0.717, 1.165) is 25.2 Å². The third kappa shape index (κ3) is 6.50. The Morgan fingerprint density at radius 3 is 2.67 bits per heavy atom. The van der Waals surface area contributed by atoms with E-state index in [0.29, 0.717) is 6.04 Å². The van der Waals surface area contributed by atoms with E-state index in [1.54, 1.807) is 0 Å². The van der Waals surface area contributed by atoms with E-state index in [1.165, 1.54) is 57.3 Å². The van der Waals surface area contributed by atoms with Crippen molar-refractivity contribution in [2.24, 2.45) is 5.92 Å². The second-order valence-corrected chi connectivity index (χ2v) is 7.23. The highest BCUT2D eigenvalue weighted by Gasteiger charge is 2.24. The maximum Gasteiger partial charge on any atom is 0.0507 e. The van der Waals surface area contributed by atoms with Gasteiger partial charge in [0.15, 0.2) is 0 Å². The number of allylic oxidation sites excluding steroid dienone is 2. The molecule has 0 saturated carbocycles. The van der Waals surface area contributed by atoms with Gasteiger partial charge in [-0.05, 0) is 71.9 Å². The van der Waals surface area contributed by atoms with Crippen LogP contribution in [0, 0.1) is 5.92 Å². The summed E-state index contributed by atoms with van der Waals surface area (Å²) in [5.74, 6) is 0.789. The number of ether oxygens (including phenoxy) is 1. The van der Waals surface area contributed by atoms with Crippen molar-refractivity contribution in [1.29, 1.82) is 0 Å². The van der Waals surface area contributed by atoms with Crippen LogP contribution in [0.4, 0.5) is 0 Å². The molecule has 0 aliphatic carbocycles. The van der Waals surface area contributed by atoms with Crippen LogP contribution in [0.2, 0.25) is 0 Å². The lowest BCUT2D eigenvalue weighted by Crippen LogP contribution is -2.46. The predicted octanol–water partition coefficient (Wildman–Crippen LogP) is 3.21. The standard InChI is InChI=1S/C18H34N2O/c1-15(2)5-4-6-16(3)19-18-7-10-20(11-8-18)13-17-9-12-21-14-17/h5,16-19H,4,6-14H2,1-3H3/t16-,17-/m0/s1. The first-order chi connectivity index (χ1) is 10.1. The van der Waals surface area contributed by atoms with Gasteiger partial charge in [-0.3, -0.25) is 0 Å². The molecule has 3 nitrogen and oxygen atoms in total. The van der Waals surface area contributed by atoms with Gasteiger partial charge in [0.25, 0.3) is 0 Å². The summed E-state index contributed by atoms with van der Waals surface area (Å²) in [5.41, 5.74) is 1.44. The van der Waals surface area contributed by atoms with Crippen molar-refractivity contribution >= 4 is 0 Å². The van der Waals surface area contributed by atoms with E-state index in [-0.39, 0.29) is 0 Å². The zero-order chi connectivity index (χ0) is 15.1. The molecule has 1 N–H and O–H groups in total. The zero-order valence-corrected chi connectivity index (χ0v) is 14.2. The van der Waals surface area contributed by atoms with Crippen LogP contribution in [0.15, 0.2) is 11.6 Å². The minimum absolute atomic E-state index is 0.639. The Balaban J connectivity index is 1.58. The molecule has 21 heavy (non-hydrogen) atoms. The third-order valence-corrected chi connectivity index (χ3v) is 4.80. The SMILES string of the molecule is CC(C)=CCC[C@H](C)NC1CCN(C[C@@H]2CCOC2)CC1. The average molecular weight is 294 g/mol. The summed E-state index contributed by atoms with van der Waals surface area (Å²) >= 11 is 0. The lowest BCUT2D eigenvalue weighted by Gasteiger charge is -2.35. The molecule has 0 bridgehead atoms. The molecule has 0 aromatic carbocycles. The highest BCUT2D eigenvalue weighted by Crippen LogP contribution is 2.18. The van der Waals surface area contributed by atoms with Crippen LogP contribution in [0.3, 0.4) is 0 Å². The summed E-state index contributed by atoms with van der Waals surface area (Å²) in [6.07, 6.45) is 8.69. The molecule has 2 aliphatic rings. The van der Waals surface area contributed by atoms with Crippen molar-refractivity contribution in [3.05, 3.63) is 11.6 Å². The van der Waals surface area contributed by atoms with E-state index < -0.39 is 0 Å². The molecule has 0 radical (unpaired) electrons. The van der Waals surface area contributed by atoms with E-state index in [4.69, 9.17) is 4.74 Å². The highest BCUT2D eigenvalue weighted by molar-refractivity contribution is 4.93. The number of piperidine rings is 1. The van der Waals surface area contributed by atoms with Crippen LogP contribution in [-0.4, -0.2) is 49.8 Å². The first-order valence-corrected chi connectivity index (χ1v) is 8.83. The lowest BCUT2D eigenvalue weighted by molar-refractivity contribution is 0.145. The van der Waals surface area contributed by atoms with E-state index >= 15 is 0 Å². The summed E-state index contributed by atoms with van der Waals surface area (Å²) in [6, 6.07) is 1.36. The first-order valence-electron chi connectivity index (χ1n) is 8.83. The quantitative estimate of drug-likeness (QED) is 0.730. The Hall–Kier alpha value is -0.380. The van der Waals surface area contributed by atoms with Crippen LogP contribution in [-0.2, 0) is 4.74 Å². The lowest BCUT2D eigenvalue weighted by atomic mass is 10.0. The van der Waals surface area contributed by atoms with Gasteiger partial charge >= 0.3 is 0 Å². The molecule has 2 rings (SSSR count). The molecule has 0 spiro atoms. The van der Waals surface area contributed by atoms with E-state index in [1.807, 2.05) is 0 Å². The number of rotatable bonds is 7. The van der Waals surface area contributed by atoms with Crippen LogP contribution in [0.25, 0.3) is 0 Å². The molecule has 2 aliphatic heterocycles. The molecule has 2 saturated heterocycles. The Bertz CT molecular complexity index is 311. The fraction of sp³-hybridized carbons (Fsp3) is 0.889. The fourth-order valence-electron chi connectivity index (χ4n) is 3.48. The van der Waals surface area contributed by atoms with Gasteiger partial charge in [-0.2, -0.15) is 0 Å². The normalized spacial score (nSPS) is 26.0. The zero-order valence-electron chi connectivity index (χ0n) is 14.2. The van der Waals surface area contributed by atoms with Gasteiger partial charge in [0, 0.05) is 25.2 Å². The van der Waals surface area contributed by atoms with Gasteiger partial charge in [0.1, 0.15) is 0 Å². The minimum Gasteiger partial charge on any atom is -0.381 e. The second kappa shape index (κ2) is 8.92. The van der Waals surface area contributed by atoms with Crippen molar-refractivity contribution < 1.29 is 4.74 Å². The number of nitrogens with zero attached hydrogens (tertiary/aromatic N) is 1. The van der Waals surface area contributed by atoms with Gasteiger partial charge < -0.3 is 15.0 Å². The minimum atomic E-state index is 0.639. The van der Waals surface area contributed by atoms with Crippen LogP contribution in [0.5, 0.6) is 0 Å². The first kappa shape index (κ1) is 17.0. The van der Waals surface area contributed by atoms with E-state index in [2.05, 4.69) is 37.1 Å². The summed E-state index contributed by atoms with van der Waals surface area (Å²) in [5, 5.41) is 3.83. The molecule has 2 atom stereocenters. The highest BCUT2D eigenvalue weighted by atomic mass is 16.5. The topological polar surface area (TPSA) is 24.5 Å². The number of hydrogen-bond donors (Lipinski definition) is 1. The van der Waals surface area contributed by atoms with Crippen LogP contribution >= 0.6 is 0 Å². The molecule has 0 amide bonds. The summed E-state index contributed by atoms with van der Waals surface area (Å²) in [6.45, 7) is 12.4. The maximum atomic E-state index is 5.48. The molecule has 0 aromatic heterocycles. The molecule has 0 unspecified atom stereocenters. The smallest absolute Gasteiger partial charge is 0.0507 e. The molecule has 3 heteroatoms. The maximum absolute atomic E-state index is 5.48. The largest absolute Gasteiger partial charge is 0.381 e. The third-order valence-electron chi connectivity index (χ3n) is 4.80. The van der Waals surface area contributed by atoms with E-state index in [9.17, 15) is 0 Å². The predicted molar refractivity (Wildman–Crippen MR) is 89.7 cm³/mol. The van der Waals surface area contributed by atoms with Crippen molar-refractivity contribution in [2.45, 2.75) is 65.0 Å². The molecule has 2 heterocycles. The number of likely N-dealkylation sites (tertiary alicyclic amines) is 1. The Kier molecular flexibility index (Phi) is 7.21. The number of hydrogen-bond acceptors (Lipinski definition) is 3. The summed E-state index contributed by atoms with van der Waals surface area (Å²) in [4.78, 5) is 2.64. The molecular formula is C18H34N2O. The molecule has 2 fully saturated rings. The Morgan fingerprint density at radius 2 is 2.05 bits per heavy atom. The van der Waals surface area contributed by atoms with Crippen molar-refractivity contribution in [2.75, 3.05) is 32.8 Å². The molecule has 0 aromatic rings. The van der Waals surface area contributed by atoms with Gasteiger partial charge in [-0.25, -0.2) is 0 Å². The number of nitrogens with one attached hydrogen (secondary N) is 1. The monoisotopic (exact) mass is 294 g/mol. The summed E-state index contributed by atoms with van der Waals surface area (Å²) in [7, 11) is 0. The fourth-order valence-corrected chi connectivity index (χ4v) is 3.48. The second-order valence-electron chi connectivity index (χ2n) is 7.23. The van der Waals surface area contributed by atoms with Crippen molar-refractivity contribution in [3.8, 4) is 0 Å². The molecule has 122 valence electrons. The molecular weight excluding hydrogens is 260 g/mol. The Morgan fingerprint density at radius 1 is 1.29 bits per heavy atom. The van der Waals surface area contributed by atoms with Crippen molar-refractivity contribution in [1.82, 2.24) is 10.2 Å². The average Bonchev–Trinajstić information content (AvgIpc) is 2.93. The summed E-state index contributed by atoms with van der Waals surface area (Å²) < 4.78 is 5.48. The van der Waals surface area contributed by atoms with Crippen LogP contribution < -0.4 is 5.32 Å².